The first-order chi connectivity index (χ1) is 9.96. The third-order valence-corrected chi connectivity index (χ3v) is 2.85. The van der Waals surface area contributed by atoms with E-state index in [2.05, 4.69) is 10.1 Å². The van der Waals surface area contributed by atoms with Crippen LogP contribution in [0.2, 0.25) is 0 Å². The van der Waals surface area contributed by atoms with Gasteiger partial charge in [-0.1, -0.05) is 42.5 Å². The summed E-state index contributed by atoms with van der Waals surface area (Å²) < 4.78 is 39.9. The molecule has 0 aliphatic rings. The number of hydrogen-bond donors (Lipinski definition) is 1. The van der Waals surface area contributed by atoms with Crippen molar-refractivity contribution in [2.24, 2.45) is 0 Å². The minimum absolute atomic E-state index is 0.246. The van der Waals surface area contributed by atoms with Gasteiger partial charge < -0.3 is 10.1 Å². The molecule has 21 heavy (non-hydrogen) atoms. The van der Waals surface area contributed by atoms with E-state index in [9.17, 15) is 18.0 Å². The third-order valence-electron chi connectivity index (χ3n) is 2.85. The number of halogens is 3. The van der Waals surface area contributed by atoms with Gasteiger partial charge in [-0.25, -0.2) is 0 Å². The molecular weight excluding hydrogens is 283 g/mol. The van der Waals surface area contributed by atoms with Gasteiger partial charge in [-0.15, -0.1) is 0 Å². The van der Waals surface area contributed by atoms with Crippen molar-refractivity contribution in [3.05, 3.63) is 48.0 Å². The highest BCUT2D eigenvalue weighted by molar-refractivity contribution is 5.86. The van der Waals surface area contributed by atoms with E-state index in [1.807, 2.05) is 42.5 Å². The highest BCUT2D eigenvalue weighted by atomic mass is 19.4. The van der Waals surface area contributed by atoms with Gasteiger partial charge in [0.25, 0.3) is 0 Å². The van der Waals surface area contributed by atoms with Gasteiger partial charge in [0.15, 0.2) is 0 Å². The molecule has 0 unspecified atom stereocenters. The van der Waals surface area contributed by atoms with Crippen molar-refractivity contribution in [1.29, 1.82) is 0 Å². The number of ether oxygens (including phenoxy) is 1. The van der Waals surface area contributed by atoms with Gasteiger partial charge in [-0.2, -0.15) is 13.2 Å². The van der Waals surface area contributed by atoms with Crippen LogP contribution in [0.5, 0.6) is 0 Å². The fourth-order valence-corrected chi connectivity index (χ4v) is 1.95. The molecule has 0 aliphatic carbocycles. The second kappa shape index (κ2) is 6.58. The van der Waals surface area contributed by atoms with E-state index in [-0.39, 0.29) is 6.54 Å². The molecule has 1 amide bonds. The van der Waals surface area contributed by atoms with Crippen LogP contribution >= 0.6 is 0 Å². The van der Waals surface area contributed by atoms with Gasteiger partial charge in [0, 0.05) is 6.54 Å². The molecular formula is C15H14F3NO2. The average Bonchev–Trinajstić information content (AvgIpc) is 2.43. The van der Waals surface area contributed by atoms with E-state index in [1.165, 1.54) is 0 Å². The molecule has 6 heteroatoms. The third kappa shape index (κ3) is 4.75. The largest absolute Gasteiger partial charge is 0.411 e. The molecule has 0 bridgehead atoms. The maximum absolute atomic E-state index is 11.9. The summed E-state index contributed by atoms with van der Waals surface area (Å²) in [5.74, 6) is -0.577. The molecule has 0 radical (unpaired) electrons. The maximum atomic E-state index is 11.9. The molecule has 3 nitrogen and oxygen atoms in total. The standard InChI is InChI=1S/C15H14F3NO2/c16-15(17,18)10-21-9-14(20)19-8-12-6-3-5-11-4-1-2-7-13(11)12/h1-7H,8-10H2,(H,19,20). The topological polar surface area (TPSA) is 38.3 Å². The number of amides is 1. The molecule has 2 aromatic carbocycles. The number of benzene rings is 2. The molecule has 2 aromatic rings. The zero-order valence-corrected chi connectivity index (χ0v) is 11.1. The number of carbonyl (C=O) groups excluding carboxylic acids is 1. The summed E-state index contributed by atoms with van der Waals surface area (Å²) in [5, 5.41) is 4.58. The minimum atomic E-state index is -4.42. The molecule has 0 saturated carbocycles. The maximum Gasteiger partial charge on any atom is 0.411 e. The first-order valence-corrected chi connectivity index (χ1v) is 6.33. The van der Waals surface area contributed by atoms with Gasteiger partial charge in [0.1, 0.15) is 13.2 Å². The van der Waals surface area contributed by atoms with Gasteiger partial charge in [0.05, 0.1) is 0 Å². The first kappa shape index (κ1) is 15.3. The van der Waals surface area contributed by atoms with Crippen LogP contribution < -0.4 is 5.32 Å². The second-order valence-electron chi connectivity index (χ2n) is 4.52. The Hall–Kier alpha value is -2.08. The van der Waals surface area contributed by atoms with Gasteiger partial charge >= 0.3 is 6.18 Å². The Kier molecular flexibility index (Phi) is 4.80. The number of rotatable bonds is 5. The van der Waals surface area contributed by atoms with Crippen LogP contribution in [0.3, 0.4) is 0 Å². The molecule has 0 aliphatic heterocycles. The molecule has 0 saturated heterocycles. The van der Waals surface area contributed by atoms with E-state index >= 15 is 0 Å². The predicted octanol–water partition coefficient (Wildman–Crippen LogP) is 3.03. The van der Waals surface area contributed by atoms with Crippen molar-refractivity contribution in [2.75, 3.05) is 13.2 Å². The number of fused-ring (bicyclic) bond motifs is 1. The normalized spacial score (nSPS) is 11.6. The van der Waals surface area contributed by atoms with Crippen LogP contribution in [0.15, 0.2) is 42.5 Å². The van der Waals surface area contributed by atoms with Crippen molar-refractivity contribution in [3.63, 3.8) is 0 Å². The first-order valence-electron chi connectivity index (χ1n) is 6.33. The lowest BCUT2D eigenvalue weighted by atomic mass is 10.0. The summed E-state index contributed by atoms with van der Waals surface area (Å²) in [4.78, 5) is 11.4. The average molecular weight is 297 g/mol. The molecule has 112 valence electrons. The number of carbonyl (C=O) groups is 1. The molecule has 0 fully saturated rings. The van der Waals surface area contributed by atoms with Crippen LogP contribution in [-0.4, -0.2) is 25.3 Å². The van der Waals surface area contributed by atoms with Crippen molar-refractivity contribution in [3.8, 4) is 0 Å². The molecule has 1 N–H and O–H groups in total. The van der Waals surface area contributed by atoms with E-state index in [1.54, 1.807) is 0 Å². The lowest BCUT2D eigenvalue weighted by molar-refractivity contribution is -0.175. The Morgan fingerprint density at radius 1 is 1.10 bits per heavy atom. The monoisotopic (exact) mass is 297 g/mol. The Balaban J connectivity index is 1.89. The van der Waals surface area contributed by atoms with E-state index in [0.717, 1.165) is 16.3 Å². The second-order valence-corrected chi connectivity index (χ2v) is 4.52. The Morgan fingerprint density at radius 3 is 2.57 bits per heavy atom. The predicted molar refractivity (Wildman–Crippen MR) is 72.7 cm³/mol. The molecule has 0 heterocycles. The molecule has 0 aromatic heterocycles. The van der Waals surface area contributed by atoms with Gasteiger partial charge in [-0.3, -0.25) is 4.79 Å². The van der Waals surface area contributed by atoms with Crippen molar-refractivity contribution in [1.82, 2.24) is 5.32 Å². The fourth-order valence-electron chi connectivity index (χ4n) is 1.95. The van der Waals surface area contributed by atoms with Crippen LogP contribution in [0, 0.1) is 0 Å². The summed E-state index contributed by atoms with van der Waals surface area (Å²) in [7, 11) is 0. The van der Waals surface area contributed by atoms with Gasteiger partial charge in [-0.05, 0) is 16.3 Å². The fraction of sp³-hybridized carbons (Fsp3) is 0.267. The van der Waals surface area contributed by atoms with E-state index in [0.29, 0.717) is 0 Å². The Labute approximate surface area is 119 Å². The minimum Gasteiger partial charge on any atom is -0.362 e. The van der Waals surface area contributed by atoms with Crippen molar-refractivity contribution >= 4 is 16.7 Å². The molecule has 2 rings (SSSR count). The summed E-state index contributed by atoms with van der Waals surface area (Å²) in [6.07, 6.45) is -4.42. The Morgan fingerprint density at radius 2 is 1.81 bits per heavy atom. The molecule has 0 spiro atoms. The zero-order chi connectivity index (χ0) is 15.3. The number of nitrogens with one attached hydrogen (secondary N) is 1. The van der Waals surface area contributed by atoms with Crippen LogP contribution in [0.4, 0.5) is 13.2 Å². The lowest BCUT2D eigenvalue weighted by Gasteiger charge is -2.10. The Bertz CT molecular complexity index is 620. The summed E-state index contributed by atoms with van der Waals surface area (Å²) in [6, 6.07) is 13.4. The van der Waals surface area contributed by atoms with E-state index in [4.69, 9.17) is 0 Å². The molecule has 0 atom stereocenters. The lowest BCUT2D eigenvalue weighted by Crippen LogP contribution is -2.29. The highest BCUT2D eigenvalue weighted by Crippen LogP contribution is 2.18. The summed E-state index contributed by atoms with van der Waals surface area (Å²) in [5.41, 5.74) is 0.900. The highest BCUT2D eigenvalue weighted by Gasteiger charge is 2.27. The van der Waals surface area contributed by atoms with Crippen LogP contribution in [-0.2, 0) is 16.1 Å². The quantitative estimate of drug-likeness (QED) is 0.921. The van der Waals surface area contributed by atoms with Gasteiger partial charge in [0.2, 0.25) is 5.91 Å². The van der Waals surface area contributed by atoms with Crippen LogP contribution in [0.1, 0.15) is 5.56 Å². The van der Waals surface area contributed by atoms with E-state index < -0.39 is 25.3 Å². The van der Waals surface area contributed by atoms with Crippen LogP contribution in [0.25, 0.3) is 10.8 Å². The smallest absolute Gasteiger partial charge is 0.362 e. The van der Waals surface area contributed by atoms with Crippen molar-refractivity contribution < 1.29 is 22.7 Å². The number of alkyl halides is 3. The summed E-state index contributed by atoms with van der Waals surface area (Å²) in [6.45, 7) is -1.78. The number of hydrogen-bond acceptors (Lipinski definition) is 2. The summed E-state index contributed by atoms with van der Waals surface area (Å²) >= 11 is 0. The zero-order valence-electron chi connectivity index (χ0n) is 11.1. The SMILES string of the molecule is O=C(COCC(F)(F)F)NCc1cccc2ccccc12. The van der Waals surface area contributed by atoms with Crippen molar-refractivity contribution in [2.45, 2.75) is 12.7 Å².